The summed E-state index contributed by atoms with van der Waals surface area (Å²) >= 11 is 0. The lowest BCUT2D eigenvalue weighted by Crippen LogP contribution is -2.21. The van der Waals surface area contributed by atoms with Crippen molar-refractivity contribution in [3.8, 4) is 5.75 Å². The number of ether oxygens (including phenoxy) is 2. The van der Waals surface area contributed by atoms with Crippen LogP contribution < -0.4 is 16.0 Å². The standard InChI is InChI=1S/C13H12N2O4/c1-18-8-4-2-7-3-5-10(16)15-6-9(19-13(14)17)11(8)12(7)15/h2-5,9H,6H2,1H3,(H2,14,17). The molecule has 1 unspecified atom stereocenters. The quantitative estimate of drug-likeness (QED) is 0.878. The molecule has 1 amide bonds. The number of nitrogens with two attached hydrogens (primary N) is 1. The van der Waals surface area contributed by atoms with Crippen LogP contribution in [0, 0.1) is 0 Å². The Morgan fingerprint density at radius 2 is 2.11 bits per heavy atom. The van der Waals surface area contributed by atoms with Crippen LogP contribution in [0.4, 0.5) is 4.79 Å². The molecule has 0 aliphatic carbocycles. The summed E-state index contributed by atoms with van der Waals surface area (Å²) in [7, 11) is 1.53. The lowest BCUT2D eigenvalue weighted by molar-refractivity contribution is 0.101. The summed E-state index contributed by atoms with van der Waals surface area (Å²) in [5, 5.41) is 0.894. The monoisotopic (exact) mass is 260 g/mol. The first-order chi connectivity index (χ1) is 9.11. The van der Waals surface area contributed by atoms with Gasteiger partial charge in [0.15, 0.2) is 6.10 Å². The average molecular weight is 260 g/mol. The Bertz CT molecular complexity index is 735. The second-order valence-electron chi connectivity index (χ2n) is 4.33. The number of carbonyl (C=O) groups excluding carboxylic acids is 1. The summed E-state index contributed by atoms with van der Waals surface area (Å²) < 4.78 is 11.9. The van der Waals surface area contributed by atoms with Gasteiger partial charge >= 0.3 is 6.09 Å². The molecule has 2 N–H and O–H groups in total. The Morgan fingerprint density at radius 3 is 2.79 bits per heavy atom. The van der Waals surface area contributed by atoms with Crippen molar-refractivity contribution < 1.29 is 14.3 Å². The maximum absolute atomic E-state index is 11.9. The van der Waals surface area contributed by atoms with Gasteiger partial charge < -0.3 is 19.8 Å². The lowest BCUT2D eigenvalue weighted by Gasteiger charge is -2.13. The van der Waals surface area contributed by atoms with Crippen molar-refractivity contribution in [1.29, 1.82) is 0 Å². The normalized spacial score (nSPS) is 16.6. The SMILES string of the molecule is COc1ccc2ccc(=O)n3c2c1C(OC(N)=O)C3. The number of rotatable bonds is 2. The van der Waals surface area contributed by atoms with Gasteiger partial charge in [-0.05, 0) is 23.6 Å². The molecule has 1 aliphatic rings. The third-order valence-electron chi connectivity index (χ3n) is 3.30. The summed E-state index contributed by atoms with van der Waals surface area (Å²) in [6.07, 6.45) is -1.46. The van der Waals surface area contributed by atoms with E-state index in [1.54, 1.807) is 16.7 Å². The minimum absolute atomic E-state index is 0.141. The molecular formula is C13H12N2O4. The molecule has 2 heterocycles. The first-order valence-electron chi connectivity index (χ1n) is 5.78. The van der Waals surface area contributed by atoms with Gasteiger partial charge in [-0.3, -0.25) is 4.79 Å². The third-order valence-corrected chi connectivity index (χ3v) is 3.30. The van der Waals surface area contributed by atoms with E-state index in [1.165, 1.54) is 13.2 Å². The fraction of sp³-hybridized carbons (Fsp3) is 0.231. The van der Waals surface area contributed by atoms with Crippen molar-refractivity contribution >= 4 is 17.0 Å². The molecular weight excluding hydrogens is 248 g/mol. The van der Waals surface area contributed by atoms with Crippen LogP contribution >= 0.6 is 0 Å². The van der Waals surface area contributed by atoms with E-state index in [4.69, 9.17) is 15.2 Å². The molecule has 6 nitrogen and oxygen atoms in total. The molecule has 19 heavy (non-hydrogen) atoms. The van der Waals surface area contributed by atoms with Crippen LogP contribution in [0.15, 0.2) is 29.1 Å². The van der Waals surface area contributed by atoms with Gasteiger partial charge in [0.1, 0.15) is 5.75 Å². The van der Waals surface area contributed by atoms with Crippen molar-refractivity contribution in [3.05, 3.63) is 40.2 Å². The topological polar surface area (TPSA) is 83.6 Å². The Labute approximate surface area is 108 Å². The van der Waals surface area contributed by atoms with E-state index in [0.717, 1.165) is 10.9 Å². The third kappa shape index (κ3) is 1.64. The van der Waals surface area contributed by atoms with Gasteiger partial charge in [0.05, 0.1) is 24.7 Å². The number of benzene rings is 1. The summed E-state index contributed by atoms with van der Waals surface area (Å²) in [6.45, 7) is 0.259. The van der Waals surface area contributed by atoms with Crippen molar-refractivity contribution in [3.63, 3.8) is 0 Å². The summed E-state index contributed by atoms with van der Waals surface area (Å²) in [5.41, 5.74) is 6.36. The predicted octanol–water partition coefficient (Wildman–Crippen LogP) is 1.16. The zero-order valence-corrected chi connectivity index (χ0v) is 10.3. The molecule has 1 aromatic carbocycles. The molecule has 0 bridgehead atoms. The summed E-state index contributed by atoms with van der Waals surface area (Å²) in [6, 6.07) is 6.88. The summed E-state index contributed by atoms with van der Waals surface area (Å²) in [4.78, 5) is 22.9. The van der Waals surface area contributed by atoms with Gasteiger partial charge in [-0.1, -0.05) is 0 Å². The molecule has 0 radical (unpaired) electrons. The number of primary amides is 1. The highest BCUT2D eigenvalue weighted by Gasteiger charge is 2.31. The van der Waals surface area contributed by atoms with Crippen LogP contribution in [0.5, 0.6) is 5.75 Å². The van der Waals surface area contributed by atoms with Crippen molar-refractivity contribution in [2.45, 2.75) is 12.6 Å². The Balaban J connectivity index is 2.31. The Kier molecular flexibility index (Phi) is 2.45. The predicted molar refractivity (Wildman–Crippen MR) is 68.2 cm³/mol. The van der Waals surface area contributed by atoms with E-state index in [2.05, 4.69) is 0 Å². The van der Waals surface area contributed by atoms with E-state index in [9.17, 15) is 9.59 Å². The van der Waals surface area contributed by atoms with Gasteiger partial charge in [0.2, 0.25) is 0 Å². The van der Waals surface area contributed by atoms with Crippen LogP contribution in [0.1, 0.15) is 11.7 Å². The van der Waals surface area contributed by atoms with E-state index < -0.39 is 12.2 Å². The molecule has 0 spiro atoms. The van der Waals surface area contributed by atoms with Gasteiger partial charge in [-0.2, -0.15) is 0 Å². The average Bonchev–Trinajstić information content (AvgIpc) is 2.75. The second kappa shape index (κ2) is 4.01. The van der Waals surface area contributed by atoms with Gasteiger partial charge in [0.25, 0.3) is 5.56 Å². The van der Waals surface area contributed by atoms with Crippen LogP contribution in [-0.4, -0.2) is 17.8 Å². The number of amides is 1. The van der Waals surface area contributed by atoms with E-state index in [1.807, 2.05) is 6.07 Å². The number of hydrogen-bond acceptors (Lipinski definition) is 4. The molecule has 1 aromatic heterocycles. The fourth-order valence-corrected chi connectivity index (χ4v) is 2.57. The second-order valence-corrected chi connectivity index (χ2v) is 4.33. The van der Waals surface area contributed by atoms with E-state index in [0.29, 0.717) is 11.3 Å². The number of hydrogen-bond donors (Lipinski definition) is 1. The smallest absolute Gasteiger partial charge is 0.405 e. The molecule has 0 saturated carbocycles. The lowest BCUT2D eigenvalue weighted by atomic mass is 10.1. The van der Waals surface area contributed by atoms with Gasteiger partial charge in [-0.15, -0.1) is 0 Å². The molecule has 0 fully saturated rings. The minimum Gasteiger partial charge on any atom is -0.496 e. The van der Waals surface area contributed by atoms with Crippen LogP contribution in [0.2, 0.25) is 0 Å². The summed E-state index contributed by atoms with van der Waals surface area (Å²) in [5.74, 6) is 0.579. The zero-order chi connectivity index (χ0) is 13.6. The molecule has 2 aromatic rings. The highest BCUT2D eigenvalue weighted by atomic mass is 16.6. The number of carbonyl (C=O) groups is 1. The molecule has 0 saturated heterocycles. The van der Waals surface area contributed by atoms with Crippen molar-refractivity contribution in [1.82, 2.24) is 4.57 Å². The highest BCUT2D eigenvalue weighted by molar-refractivity contribution is 5.86. The Morgan fingerprint density at radius 1 is 1.37 bits per heavy atom. The highest BCUT2D eigenvalue weighted by Crippen LogP contribution is 2.39. The number of pyridine rings is 1. The maximum Gasteiger partial charge on any atom is 0.405 e. The minimum atomic E-state index is -0.870. The molecule has 98 valence electrons. The fourth-order valence-electron chi connectivity index (χ4n) is 2.57. The van der Waals surface area contributed by atoms with Gasteiger partial charge in [-0.25, -0.2) is 4.79 Å². The Hall–Kier alpha value is -2.50. The largest absolute Gasteiger partial charge is 0.496 e. The van der Waals surface area contributed by atoms with Gasteiger partial charge in [0, 0.05) is 6.07 Å². The van der Waals surface area contributed by atoms with Crippen molar-refractivity contribution in [2.24, 2.45) is 5.73 Å². The number of methoxy groups -OCH3 is 1. The maximum atomic E-state index is 11.9. The van der Waals surface area contributed by atoms with Crippen LogP contribution in [0.3, 0.4) is 0 Å². The van der Waals surface area contributed by atoms with E-state index in [-0.39, 0.29) is 12.1 Å². The number of nitrogens with zero attached hydrogens (tertiary/aromatic N) is 1. The van der Waals surface area contributed by atoms with Crippen LogP contribution in [-0.2, 0) is 11.3 Å². The van der Waals surface area contributed by atoms with Crippen molar-refractivity contribution in [2.75, 3.05) is 7.11 Å². The number of aromatic nitrogens is 1. The molecule has 6 heteroatoms. The molecule has 1 atom stereocenters. The first-order valence-corrected chi connectivity index (χ1v) is 5.78. The van der Waals surface area contributed by atoms with E-state index >= 15 is 0 Å². The first kappa shape index (κ1) is 11.6. The molecule has 3 rings (SSSR count). The van der Waals surface area contributed by atoms with Crippen LogP contribution in [0.25, 0.3) is 10.9 Å². The molecule has 1 aliphatic heterocycles. The zero-order valence-electron chi connectivity index (χ0n) is 10.3.